The molecular weight excluding hydrogens is 414 g/mol. The fourth-order valence-electron chi connectivity index (χ4n) is 3.61. The molecule has 3 aromatic carbocycles. The standard InChI is InChI=1S/C24H21NO5S/c26-31(27,19-11-12-21-22(16-19)29-14-6-13-28-21)25-24(17-7-2-1-3-8-17)23-15-18-9-4-5-10-20(18)30-23/h1-5,7-12,15-16,24-25H,6,13-14H2. The summed E-state index contributed by atoms with van der Waals surface area (Å²) in [5.74, 6) is 1.50. The van der Waals surface area contributed by atoms with Gasteiger partial charge in [0, 0.05) is 17.9 Å². The highest BCUT2D eigenvalue weighted by molar-refractivity contribution is 7.89. The topological polar surface area (TPSA) is 77.8 Å². The van der Waals surface area contributed by atoms with Crippen LogP contribution in [0.1, 0.15) is 23.8 Å². The summed E-state index contributed by atoms with van der Waals surface area (Å²) < 4.78 is 46.7. The number of hydrogen-bond acceptors (Lipinski definition) is 5. The molecule has 1 aliphatic rings. The average Bonchev–Trinajstić information content (AvgIpc) is 3.08. The van der Waals surface area contributed by atoms with Gasteiger partial charge in [0.1, 0.15) is 17.4 Å². The molecule has 158 valence electrons. The van der Waals surface area contributed by atoms with Gasteiger partial charge in [-0.1, -0.05) is 48.5 Å². The molecule has 7 heteroatoms. The molecule has 1 N–H and O–H groups in total. The van der Waals surface area contributed by atoms with Crippen molar-refractivity contribution in [1.29, 1.82) is 0 Å². The molecule has 1 unspecified atom stereocenters. The number of sulfonamides is 1. The summed E-state index contributed by atoms with van der Waals surface area (Å²) in [6, 6.07) is 22.8. The molecule has 0 fully saturated rings. The van der Waals surface area contributed by atoms with Gasteiger partial charge in [-0.3, -0.25) is 0 Å². The van der Waals surface area contributed by atoms with E-state index in [4.69, 9.17) is 13.9 Å². The number of hydrogen-bond donors (Lipinski definition) is 1. The van der Waals surface area contributed by atoms with E-state index in [-0.39, 0.29) is 4.90 Å². The largest absolute Gasteiger partial charge is 0.490 e. The molecule has 0 saturated heterocycles. The van der Waals surface area contributed by atoms with Gasteiger partial charge in [-0.05, 0) is 29.8 Å². The first-order valence-corrected chi connectivity index (χ1v) is 11.5. The van der Waals surface area contributed by atoms with Crippen LogP contribution in [0.25, 0.3) is 11.0 Å². The Morgan fingerprint density at radius 1 is 0.806 bits per heavy atom. The summed E-state index contributed by atoms with van der Waals surface area (Å²) in [5, 5.41) is 0.910. The van der Waals surface area contributed by atoms with E-state index in [1.165, 1.54) is 12.1 Å². The van der Waals surface area contributed by atoms with Crippen molar-refractivity contribution < 1.29 is 22.3 Å². The van der Waals surface area contributed by atoms with Crippen LogP contribution < -0.4 is 14.2 Å². The third kappa shape index (κ3) is 4.02. The molecule has 1 aliphatic heterocycles. The Labute approximate surface area is 180 Å². The van der Waals surface area contributed by atoms with Crippen LogP contribution in [-0.4, -0.2) is 21.6 Å². The summed E-state index contributed by atoms with van der Waals surface area (Å²) in [4.78, 5) is 0.105. The minimum atomic E-state index is -3.88. The van der Waals surface area contributed by atoms with E-state index in [9.17, 15) is 8.42 Å². The van der Waals surface area contributed by atoms with E-state index in [1.807, 2.05) is 60.7 Å². The zero-order valence-electron chi connectivity index (χ0n) is 16.7. The lowest BCUT2D eigenvalue weighted by molar-refractivity contribution is 0.297. The molecule has 5 rings (SSSR count). The van der Waals surface area contributed by atoms with E-state index in [0.717, 1.165) is 17.4 Å². The number of benzene rings is 3. The fourth-order valence-corrected chi connectivity index (χ4v) is 4.82. The van der Waals surface area contributed by atoms with Gasteiger partial charge >= 0.3 is 0 Å². The van der Waals surface area contributed by atoms with Crippen LogP contribution in [0.4, 0.5) is 0 Å². The van der Waals surface area contributed by atoms with Crippen molar-refractivity contribution in [1.82, 2.24) is 4.72 Å². The van der Waals surface area contributed by atoms with Crippen LogP contribution in [-0.2, 0) is 10.0 Å². The highest BCUT2D eigenvalue weighted by Crippen LogP contribution is 2.34. The van der Waals surface area contributed by atoms with Crippen molar-refractivity contribution in [2.45, 2.75) is 17.4 Å². The Bertz CT molecular complexity index is 1280. The molecule has 1 aromatic heterocycles. The first-order valence-electron chi connectivity index (χ1n) is 10.1. The second kappa shape index (κ2) is 8.09. The van der Waals surface area contributed by atoms with Crippen LogP contribution >= 0.6 is 0 Å². The van der Waals surface area contributed by atoms with E-state index in [2.05, 4.69) is 4.72 Å². The first kappa shape index (κ1) is 19.7. The zero-order valence-corrected chi connectivity index (χ0v) is 17.5. The van der Waals surface area contributed by atoms with Crippen LogP contribution in [0, 0.1) is 0 Å². The minimum absolute atomic E-state index is 0.105. The van der Waals surface area contributed by atoms with E-state index >= 15 is 0 Å². The SMILES string of the molecule is O=S(=O)(NC(c1ccccc1)c1cc2ccccc2o1)c1ccc2c(c1)OCCCO2. The smallest absolute Gasteiger partial charge is 0.241 e. The maximum absolute atomic E-state index is 13.3. The summed E-state index contributed by atoms with van der Waals surface area (Å²) in [6.07, 6.45) is 0.747. The number of para-hydroxylation sites is 1. The van der Waals surface area contributed by atoms with E-state index in [1.54, 1.807) is 6.07 Å². The third-order valence-corrected chi connectivity index (χ3v) is 6.58. The van der Waals surface area contributed by atoms with Crippen LogP contribution in [0.15, 0.2) is 88.2 Å². The molecule has 0 saturated carbocycles. The van der Waals surface area contributed by atoms with Crippen molar-refractivity contribution in [3.63, 3.8) is 0 Å². The van der Waals surface area contributed by atoms with Gasteiger partial charge in [0.2, 0.25) is 10.0 Å². The van der Waals surface area contributed by atoms with Crippen molar-refractivity contribution >= 4 is 21.0 Å². The highest BCUT2D eigenvalue weighted by atomic mass is 32.2. The van der Waals surface area contributed by atoms with Crippen LogP contribution in [0.3, 0.4) is 0 Å². The average molecular weight is 436 g/mol. The predicted molar refractivity (Wildman–Crippen MR) is 117 cm³/mol. The summed E-state index contributed by atoms with van der Waals surface area (Å²) >= 11 is 0. The number of furan rings is 1. The number of ether oxygens (including phenoxy) is 2. The fraction of sp³-hybridized carbons (Fsp3) is 0.167. The van der Waals surface area contributed by atoms with Gasteiger partial charge in [0.25, 0.3) is 0 Å². The lowest BCUT2D eigenvalue weighted by Gasteiger charge is -2.18. The number of rotatable bonds is 5. The predicted octanol–water partition coefficient (Wildman–Crippen LogP) is 4.66. The Morgan fingerprint density at radius 2 is 1.55 bits per heavy atom. The number of fused-ring (bicyclic) bond motifs is 2. The monoisotopic (exact) mass is 435 g/mol. The van der Waals surface area contributed by atoms with E-state index < -0.39 is 16.1 Å². The Balaban J connectivity index is 1.54. The summed E-state index contributed by atoms with van der Waals surface area (Å²) in [7, 11) is -3.88. The normalized spacial score (nSPS) is 14.8. The molecule has 0 spiro atoms. The molecule has 31 heavy (non-hydrogen) atoms. The highest BCUT2D eigenvalue weighted by Gasteiger charge is 2.27. The maximum atomic E-state index is 13.3. The van der Waals surface area contributed by atoms with Crippen molar-refractivity contribution in [3.05, 3.63) is 90.2 Å². The zero-order chi connectivity index (χ0) is 21.3. The molecule has 4 aromatic rings. The second-order valence-electron chi connectivity index (χ2n) is 7.31. The van der Waals surface area contributed by atoms with Crippen molar-refractivity contribution in [2.24, 2.45) is 0 Å². The Kier molecular flexibility index (Phi) is 5.13. The first-order chi connectivity index (χ1) is 15.1. The molecule has 0 bridgehead atoms. The van der Waals surface area contributed by atoms with Gasteiger partial charge in [-0.15, -0.1) is 0 Å². The third-order valence-electron chi connectivity index (χ3n) is 5.16. The molecule has 0 aliphatic carbocycles. The van der Waals surface area contributed by atoms with Crippen LogP contribution in [0.2, 0.25) is 0 Å². The van der Waals surface area contributed by atoms with Gasteiger partial charge in [0.15, 0.2) is 11.5 Å². The quantitative estimate of drug-likeness (QED) is 0.493. The molecular formula is C24H21NO5S. The molecule has 6 nitrogen and oxygen atoms in total. The number of nitrogens with one attached hydrogen (secondary N) is 1. The van der Waals surface area contributed by atoms with Crippen molar-refractivity contribution in [2.75, 3.05) is 13.2 Å². The Morgan fingerprint density at radius 3 is 2.35 bits per heavy atom. The van der Waals surface area contributed by atoms with Crippen LogP contribution in [0.5, 0.6) is 11.5 Å². The molecule has 0 radical (unpaired) electrons. The van der Waals surface area contributed by atoms with Gasteiger partial charge in [0.05, 0.1) is 18.1 Å². The molecule has 0 amide bonds. The van der Waals surface area contributed by atoms with E-state index in [0.29, 0.717) is 36.1 Å². The van der Waals surface area contributed by atoms with Gasteiger partial charge in [-0.2, -0.15) is 4.72 Å². The van der Waals surface area contributed by atoms with Crippen molar-refractivity contribution in [3.8, 4) is 11.5 Å². The minimum Gasteiger partial charge on any atom is -0.490 e. The lowest BCUT2D eigenvalue weighted by atomic mass is 10.1. The van der Waals surface area contributed by atoms with Gasteiger partial charge in [-0.25, -0.2) is 8.42 Å². The van der Waals surface area contributed by atoms with Gasteiger partial charge < -0.3 is 13.9 Å². The Hall–Kier alpha value is -3.29. The summed E-state index contributed by atoms with van der Waals surface area (Å²) in [5.41, 5.74) is 1.48. The second-order valence-corrected chi connectivity index (χ2v) is 9.02. The summed E-state index contributed by atoms with van der Waals surface area (Å²) in [6.45, 7) is 1.02. The lowest BCUT2D eigenvalue weighted by Crippen LogP contribution is -2.29. The maximum Gasteiger partial charge on any atom is 0.241 e. The molecule has 2 heterocycles. The molecule has 1 atom stereocenters.